The highest BCUT2D eigenvalue weighted by molar-refractivity contribution is 7.89. The summed E-state index contributed by atoms with van der Waals surface area (Å²) in [6.07, 6.45) is 6.91. The Morgan fingerprint density at radius 1 is 1.41 bits per heavy atom. The lowest BCUT2D eigenvalue weighted by Crippen LogP contribution is -2.35. The molecule has 22 heavy (non-hydrogen) atoms. The van der Waals surface area contributed by atoms with Gasteiger partial charge in [-0.2, -0.15) is 0 Å². The van der Waals surface area contributed by atoms with Crippen molar-refractivity contribution in [1.29, 1.82) is 0 Å². The van der Waals surface area contributed by atoms with Crippen LogP contribution in [0.2, 0.25) is 0 Å². The molecule has 5 nitrogen and oxygen atoms in total. The highest BCUT2D eigenvalue weighted by atomic mass is 32.2. The molecule has 0 bridgehead atoms. The van der Waals surface area contributed by atoms with Crippen LogP contribution in [0.3, 0.4) is 0 Å². The summed E-state index contributed by atoms with van der Waals surface area (Å²) in [5.74, 6) is 0.638. The summed E-state index contributed by atoms with van der Waals surface area (Å²) in [6, 6.07) is 3.90. The molecule has 0 amide bonds. The number of hydrogen-bond acceptors (Lipinski definition) is 4. The number of fused-ring (bicyclic) bond motifs is 1. The van der Waals surface area contributed by atoms with Gasteiger partial charge in [0.25, 0.3) is 0 Å². The molecule has 0 radical (unpaired) electrons. The number of rotatable bonds is 6. The lowest BCUT2D eigenvalue weighted by Gasteiger charge is -2.28. The van der Waals surface area contributed by atoms with E-state index in [0.29, 0.717) is 32.2 Å². The molecule has 1 aliphatic carbocycles. The van der Waals surface area contributed by atoms with E-state index in [4.69, 9.17) is 4.74 Å². The first-order valence-corrected chi connectivity index (χ1v) is 9.61. The molecule has 1 saturated carbocycles. The van der Waals surface area contributed by atoms with Gasteiger partial charge in [0.05, 0.1) is 19.0 Å². The molecule has 0 aromatic carbocycles. The highest BCUT2D eigenvalue weighted by Crippen LogP contribution is 2.49. The van der Waals surface area contributed by atoms with Crippen molar-refractivity contribution in [2.24, 2.45) is 11.3 Å². The summed E-state index contributed by atoms with van der Waals surface area (Å²) in [6.45, 7) is 4.24. The Labute approximate surface area is 132 Å². The summed E-state index contributed by atoms with van der Waals surface area (Å²) in [7, 11) is -3.09. The Bertz CT molecular complexity index is 605. The van der Waals surface area contributed by atoms with Gasteiger partial charge in [-0.3, -0.25) is 4.98 Å². The lowest BCUT2D eigenvalue weighted by molar-refractivity contribution is 0.0291. The quantitative estimate of drug-likeness (QED) is 0.803. The van der Waals surface area contributed by atoms with Gasteiger partial charge < -0.3 is 4.74 Å². The van der Waals surface area contributed by atoms with Crippen LogP contribution in [0.1, 0.15) is 31.7 Å². The fourth-order valence-electron chi connectivity index (χ4n) is 3.85. The molecule has 2 heterocycles. The molecule has 1 aromatic rings. The number of ether oxygens (including phenoxy) is 1. The molecule has 1 aliphatic heterocycles. The molecule has 2 fully saturated rings. The van der Waals surface area contributed by atoms with Gasteiger partial charge in [-0.15, -0.1) is 0 Å². The van der Waals surface area contributed by atoms with Crippen LogP contribution in [0.25, 0.3) is 0 Å². The van der Waals surface area contributed by atoms with E-state index in [1.54, 1.807) is 23.6 Å². The number of aromatic nitrogens is 1. The minimum atomic E-state index is -3.09. The van der Waals surface area contributed by atoms with Crippen LogP contribution < -0.4 is 0 Å². The summed E-state index contributed by atoms with van der Waals surface area (Å²) in [5.41, 5.74) is 1.13. The summed E-state index contributed by atoms with van der Waals surface area (Å²) >= 11 is 0. The van der Waals surface area contributed by atoms with Crippen molar-refractivity contribution in [2.45, 2.75) is 32.8 Å². The summed E-state index contributed by atoms with van der Waals surface area (Å²) in [5, 5.41) is 0. The predicted octanol–water partition coefficient (Wildman–Crippen LogP) is 2.05. The Morgan fingerprint density at radius 2 is 2.18 bits per heavy atom. The van der Waals surface area contributed by atoms with Crippen LogP contribution in [0.15, 0.2) is 24.5 Å². The van der Waals surface area contributed by atoms with Crippen LogP contribution >= 0.6 is 0 Å². The monoisotopic (exact) mass is 324 g/mol. The second-order valence-corrected chi connectivity index (χ2v) is 8.75. The third-order valence-electron chi connectivity index (χ3n) is 5.17. The standard InChI is InChI=1S/C16H24N2O3S/c1-2-22(19,20)18-10-15-4-3-7-16(15,12-18)13-21-11-14-5-8-17-9-6-14/h5-6,8-9,15H,2-4,7,10-13H2,1H3/t15-,16+/m0/s1. The van der Waals surface area contributed by atoms with E-state index in [0.717, 1.165) is 18.4 Å². The molecule has 122 valence electrons. The Kier molecular flexibility index (Phi) is 4.52. The average Bonchev–Trinajstić information content (AvgIpc) is 3.06. The number of sulfonamides is 1. The minimum absolute atomic E-state index is 0.0231. The van der Waals surface area contributed by atoms with E-state index in [9.17, 15) is 8.42 Å². The van der Waals surface area contributed by atoms with Gasteiger partial charge in [0.2, 0.25) is 10.0 Å². The van der Waals surface area contributed by atoms with Gasteiger partial charge in [-0.05, 0) is 43.4 Å². The van der Waals surface area contributed by atoms with Gasteiger partial charge >= 0.3 is 0 Å². The van der Waals surface area contributed by atoms with Gasteiger partial charge in [0.15, 0.2) is 0 Å². The van der Waals surface area contributed by atoms with Crippen molar-refractivity contribution >= 4 is 10.0 Å². The molecule has 6 heteroatoms. The molecular formula is C16H24N2O3S. The minimum Gasteiger partial charge on any atom is -0.376 e. The second kappa shape index (κ2) is 6.26. The van der Waals surface area contributed by atoms with Crippen molar-refractivity contribution in [3.8, 4) is 0 Å². The zero-order valence-corrected chi connectivity index (χ0v) is 13.9. The maximum absolute atomic E-state index is 12.1. The van der Waals surface area contributed by atoms with Crippen molar-refractivity contribution < 1.29 is 13.2 Å². The number of pyridine rings is 1. The first kappa shape index (κ1) is 15.9. The molecule has 0 spiro atoms. The van der Waals surface area contributed by atoms with Crippen molar-refractivity contribution in [3.63, 3.8) is 0 Å². The summed E-state index contributed by atoms with van der Waals surface area (Å²) < 4.78 is 31.9. The SMILES string of the molecule is CCS(=O)(=O)N1C[C@@H]2CCC[C@]2(COCc2ccncc2)C1. The van der Waals surface area contributed by atoms with Gasteiger partial charge in [-0.25, -0.2) is 12.7 Å². The topological polar surface area (TPSA) is 59.5 Å². The maximum Gasteiger partial charge on any atom is 0.213 e. The van der Waals surface area contributed by atoms with Crippen LogP contribution in [0.5, 0.6) is 0 Å². The van der Waals surface area contributed by atoms with Crippen LogP contribution in [-0.4, -0.2) is 43.2 Å². The molecule has 0 unspecified atom stereocenters. The highest BCUT2D eigenvalue weighted by Gasteiger charge is 2.51. The van der Waals surface area contributed by atoms with E-state index >= 15 is 0 Å². The van der Waals surface area contributed by atoms with Gasteiger partial charge in [0, 0.05) is 30.9 Å². The molecule has 2 atom stereocenters. The molecule has 1 aromatic heterocycles. The van der Waals surface area contributed by atoms with Gasteiger partial charge in [0.1, 0.15) is 0 Å². The van der Waals surface area contributed by atoms with E-state index in [2.05, 4.69) is 4.98 Å². The Morgan fingerprint density at radius 3 is 2.91 bits per heavy atom. The molecule has 3 rings (SSSR count). The van der Waals surface area contributed by atoms with Crippen molar-refractivity contribution in [2.75, 3.05) is 25.4 Å². The molecular weight excluding hydrogens is 300 g/mol. The maximum atomic E-state index is 12.1. The fraction of sp³-hybridized carbons (Fsp3) is 0.688. The normalized spacial score (nSPS) is 28.9. The zero-order chi connectivity index (χ0) is 15.6. The zero-order valence-electron chi connectivity index (χ0n) is 13.1. The third kappa shape index (κ3) is 3.05. The van der Waals surface area contributed by atoms with Crippen LogP contribution in [0.4, 0.5) is 0 Å². The van der Waals surface area contributed by atoms with E-state index in [1.807, 2.05) is 12.1 Å². The number of nitrogens with zero attached hydrogens (tertiary/aromatic N) is 2. The summed E-state index contributed by atoms with van der Waals surface area (Å²) in [4.78, 5) is 4.00. The molecule has 0 N–H and O–H groups in total. The Balaban J connectivity index is 1.63. The molecule has 2 aliphatic rings. The van der Waals surface area contributed by atoms with E-state index < -0.39 is 10.0 Å². The smallest absolute Gasteiger partial charge is 0.213 e. The third-order valence-corrected chi connectivity index (χ3v) is 6.97. The van der Waals surface area contributed by atoms with E-state index in [1.165, 1.54) is 6.42 Å². The van der Waals surface area contributed by atoms with Crippen LogP contribution in [0, 0.1) is 11.3 Å². The van der Waals surface area contributed by atoms with Crippen LogP contribution in [-0.2, 0) is 21.4 Å². The number of hydrogen-bond donors (Lipinski definition) is 0. The lowest BCUT2D eigenvalue weighted by atomic mass is 9.82. The Hall–Kier alpha value is -0.980. The average molecular weight is 324 g/mol. The first-order valence-electron chi connectivity index (χ1n) is 8.00. The first-order chi connectivity index (χ1) is 10.6. The largest absolute Gasteiger partial charge is 0.376 e. The molecule has 1 saturated heterocycles. The second-order valence-electron chi connectivity index (χ2n) is 6.49. The predicted molar refractivity (Wildman–Crippen MR) is 84.7 cm³/mol. The fourth-order valence-corrected chi connectivity index (χ4v) is 5.07. The van der Waals surface area contributed by atoms with Crippen molar-refractivity contribution in [3.05, 3.63) is 30.1 Å². The van der Waals surface area contributed by atoms with Crippen molar-refractivity contribution in [1.82, 2.24) is 9.29 Å². The van der Waals surface area contributed by atoms with E-state index in [-0.39, 0.29) is 11.2 Å². The van der Waals surface area contributed by atoms with Gasteiger partial charge in [-0.1, -0.05) is 6.42 Å².